The van der Waals surface area contributed by atoms with Crippen molar-refractivity contribution in [1.82, 2.24) is 0 Å². The lowest BCUT2D eigenvalue weighted by atomic mass is 10.0. The van der Waals surface area contributed by atoms with Crippen molar-refractivity contribution in [1.29, 1.82) is 0 Å². The second-order valence-electron chi connectivity index (χ2n) is 7.55. The highest BCUT2D eigenvalue weighted by molar-refractivity contribution is 8.24. The Balaban J connectivity index is 1.60. The van der Waals surface area contributed by atoms with Crippen molar-refractivity contribution in [2.75, 3.05) is 11.5 Å². The SMILES string of the molecule is C=CC(=O)SCC1=C(C)SC(c2cc3ccccc3cc2C2SC(C)=C(CSC(=O)C=C)S2)S1. The van der Waals surface area contributed by atoms with E-state index in [4.69, 9.17) is 0 Å². The first-order valence-electron chi connectivity index (χ1n) is 10.6. The van der Waals surface area contributed by atoms with Crippen LogP contribution in [0.3, 0.4) is 0 Å². The normalized spacial score (nSPS) is 20.3. The zero-order valence-corrected chi connectivity index (χ0v) is 23.8. The summed E-state index contributed by atoms with van der Waals surface area (Å²) in [5, 5.41) is 2.52. The van der Waals surface area contributed by atoms with E-state index in [1.807, 2.05) is 47.0 Å². The van der Waals surface area contributed by atoms with E-state index < -0.39 is 0 Å². The van der Waals surface area contributed by atoms with Crippen molar-refractivity contribution < 1.29 is 9.59 Å². The van der Waals surface area contributed by atoms with Gasteiger partial charge in [0.1, 0.15) is 0 Å². The van der Waals surface area contributed by atoms with Gasteiger partial charge in [-0.2, -0.15) is 0 Å². The van der Waals surface area contributed by atoms with Gasteiger partial charge in [0.15, 0.2) is 0 Å². The van der Waals surface area contributed by atoms with Gasteiger partial charge in [-0.1, -0.05) is 60.9 Å². The minimum absolute atomic E-state index is 0.0152. The summed E-state index contributed by atoms with van der Waals surface area (Å²) in [4.78, 5) is 28.6. The summed E-state index contributed by atoms with van der Waals surface area (Å²) in [5.41, 5.74) is 2.69. The van der Waals surface area contributed by atoms with E-state index in [0.717, 1.165) is 0 Å². The molecule has 0 radical (unpaired) electrons. The number of thioether (sulfide) groups is 6. The zero-order chi connectivity index (χ0) is 24.2. The van der Waals surface area contributed by atoms with E-state index in [-0.39, 0.29) is 19.4 Å². The van der Waals surface area contributed by atoms with E-state index in [9.17, 15) is 9.59 Å². The largest absolute Gasteiger partial charge is 0.282 e. The Morgan fingerprint density at radius 1 is 0.794 bits per heavy atom. The third-order valence-corrected chi connectivity index (χ3v) is 13.4. The summed E-state index contributed by atoms with van der Waals surface area (Å²) in [6.45, 7) is 11.5. The van der Waals surface area contributed by atoms with E-state index in [1.54, 1.807) is 0 Å². The Morgan fingerprint density at radius 2 is 1.21 bits per heavy atom. The molecule has 0 aliphatic carbocycles. The molecule has 0 amide bonds. The van der Waals surface area contributed by atoms with Crippen LogP contribution in [0.4, 0.5) is 0 Å². The van der Waals surface area contributed by atoms with Gasteiger partial charge < -0.3 is 0 Å². The molecule has 0 spiro atoms. The standard InChI is InChI=1S/C26H24O2S6/c1-5-23(27)29-13-21-15(3)31-25(33-21)19-11-17-9-7-8-10-18(17)12-20(19)26-32-16(4)22(34-26)14-30-24(28)6-2/h5-12,25-26H,1-2,13-14H2,3-4H3. The van der Waals surface area contributed by atoms with Crippen LogP contribution >= 0.6 is 70.6 Å². The first-order valence-corrected chi connectivity index (χ1v) is 16.1. The van der Waals surface area contributed by atoms with Gasteiger partial charge in [0.25, 0.3) is 0 Å². The molecule has 0 bridgehead atoms. The fourth-order valence-electron chi connectivity index (χ4n) is 3.53. The fraction of sp³-hybridized carbons (Fsp3) is 0.231. The highest BCUT2D eigenvalue weighted by atomic mass is 32.2. The second-order valence-corrected chi connectivity index (χ2v) is 15.1. The maximum Gasteiger partial charge on any atom is 0.211 e. The number of hydrogen-bond acceptors (Lipinski definition) is 8. The summed E-state index contributed by atoms with van der Waals surface area (Å²) < 4.78 is 0.521. The van der Waals surface area contributed by atoms with Crippen LogP contribution in [-0.2, 0) is 9.59 Å². The minimum atomic E-state index is 0.0152. The lowest BCUT2D eigenvalue weighted by molar-refractivity contribution is -0.107. The predicted molar refractivity (Wildman–Crippen MR) is 161 cm³/mol. The molecular formula is C26H24O2S6. The number of benzene rings is 2. The molecule has 0 fully saturated rings. The van der Waals surface area contributed by atoms with E-state index in [1.165, 1.54) is 77.2 Å². The van der Waals surface area contributed by atoms with Crippen molar-refractivity contribution in [3.05, 3.63) is 92.5 Å². The molecule has 2 unspecified atom stereocenters. The van der Waals surface area contributed by atoms with Crippen molar-refractivity contribution in [3.63, 3.8) is 0 Å². The lowest BCUT2D eigenvalue weighted by Crippen LogP contribution is -1.98. The molecule has 2 heterocycles. The number of allylic oxidation sites excluding steroid dienone is 2. The summed E-state index contributed by atoms with van der Waals surface area (Å²) in [6, 6.07) is 13.2. The van der Waals surface area contributed by atoms with Crippen LogP contribution in [0.25, 0.3) is 10.8 Å². The summed E-state index contributed by atoms with van der Waals surface area (Å²) in [6.07, 6.45) is 2.77. The van der Waals surface area contributed by atoms with Crippen molar-refractivity contribution in [2.45, 2.75) is 23.0 Å². The minimum Gasteiger partial charge on any atom is -0.282 e. The van der Waals surface area contributed by atoms with Crippen LogP contribution in [0.5, 0.6) is 0 Å². The van der Waals surface area contributed by atoms with Gasteiger partial charge in [-0.05, 0) is 69.8 Å². The second kappa shape index (κ2) is 11.9. The van der Waals surface area contributed by atoms with Gasteiger partial charge in [0.2, 0.25) is 10.2 Å². The van der Waals surface area contributed by atoms with Gasteiger partial charge in [0.05, 0.1) is 9.16 Å². The van der Waals surface area contributed by atoms with Gasteiger partial charge in [0, 0.05) is 21.3 Å². The molecule has 2 aromatic rings. The lowest BCUT2D eigenvalue weighted by Gasteiger charge is -2.20. The molecule has 2 aliphatic rings. The summed E-state index contributed by atoms with van der Waals surface area (Å²) in [5.74, 6) is 1.39. The molecule has 2 nitrogen and oxygen atoms in total. The molecule has 2 aromatic carbocycles. The number of carbonyl (C=O) groups is 2. The Morgan fingerprint density at radius 3 is 1.59 bits per heavy atom. The first-order chi connectivity index (χ1) is 16.4. The molecule has 176 valence electrons. The average Bonchev–Trinajstić information content (AvgIpc) is 3.41. The molecule has 2 aliphatic heterocycles. The van der Waals surface area contributed by atoms with Crippen molar-refractivity contribution in [3.8, 4) is 0 Å². The third kappa shape index (κ3) is 6.08. The van der Waals surface area contributed by atoms with Crippen LogP contribution in [-0.4, -0.2) is 21.7 Å². The highest BCUT2D eigenvalue weighted by Crippen LogP contribution is 2.61. The van der Waals surface area contributed by atoms with Crippen LogP contribution < -0.4 is 0 Å². The Bertz CT molecular complexity index is 1130. The van der Waals surface area contributed by atoms with Crippen molar-refractivity contribution in [2.24, 2.45) is 0 Å². The smallest absolute Gasteiger partial charge is 0.211 e. The first kappa shape index (κ1) is 26.2. The number of fused-ring (bicyclic) bond motifs is 1. The van der Waals surface area contributed by atoms with Gasteiger partial charge >= 0.3 is 0 Å². The van der Waals surface area contributed by atoms with Gasteiger partial charge in [-0.3, -0.25) is 9.59 Å². The molecule has 0 saturated carbocycles. The third-order valence-electron chi connectivity index (χ3n) is 5.34. The highest BCUT2D eigenvalue weighted by Gasteiger charge is 2.32. The molecule has 4 rings (SSSR count). The van der Waals surface area contributed by atoms with Gasteiger partial charge in [-0.15, -0.1) is 47.0 Å². The quantitative estimate of drug-likeness (QED) is 0.296. The molecule has 2 atom stereocenters. The Kier molecular flexibility index (Phi) is 9.15. The Hall–Kier alpha value is -0.900. The predicted octanol–water partition coefficient (Wildman–Crippen LogP) is 9.15. The fourth-order valence-corrected chi connectivity index (χ4v) is 11.6. The number of carbonyl (C=O) groups excluding carboxylic acids is 2. The van der Waals surface area contributed by atoms with Crippen LogP contribution in [0, 0.1) is 0 Å². The Labute approximate surface area is 226 Å². The molecule has 0 N–H and O–H groups in total. The van der Waals surface area contributed by atoms with E-state index >= 15 is 0 Å². The summed E-state index contributed by atoms with van der Waals surface area (Å²) >= 11 is 10.1. The van der Waals surface area contributed by atoms with E-state index in [2.05, 4.69) is 63.4 Å². The number of rotatable bonds is 8. The van der Waals surface area contributed by atoms with E-state index in [0.29, 0.717) is 11.5 Å². The summed E-state index contributed by atoms with van der Waals surface area (Å²) in [7, 11) is 0. The molecule has 0 saturated heterocycles. The van der Waals surface area contributed by atoms with Crippen molar-refractivity contribution >= 4 is 91.6 Å². The number of hydrogen-bond donors (Lipinski definition) is 0. The van der Waals surface area contributed by atoms with Crippen LogP contribution in [0.1, 0.15) is 34.1 Å². The van der Waals surface area contributed by atoms with Crippen LogP contribution in [0.15, 0.2) is 81.3 Å². The average molecular weight is 561 g/mol. The maximum atomic E-state index is 11.7. The molecule has 8 heteroatoms. The zero-order valence-electron chi connectivity index (χ0n) is 18.9. The monoisotopic (exact) mass is 560 g/mol. The van der Waals surface area contributed by atoms with Crippen LogP contribution in [0.2, 0.25) is 0 Å². The molecule has 34 heavy (non-hydrogen) atoms. The molecule has 0 aromatic heterocycles. The molecular weight excluding hydrogens is 537 g/mol. The topological polar surface area (TPSA) is 34.1 Å². The van der Waals surface area contributed by atoms with Gasteiger partial charge in [-0.25, -0.2) is 0 Å². The maximum absolute atomic E-state index is 11.7.